The van der Waals surface area contributed by atoms with Crippen LogP contribution in [0.3, 0.4) is 0 Å². The minimum atomic E-state index is -4.21. The summed E-state index contributed by atoms with van der Waals surface area (Å²) in [6.07, 6.45) is -1.62. The molecular formula is C17H13F2NO5S. The van der Waals surface area contributed by atoms with Gasteiger partial charge in [0.25, 0.3) is 0 Å². The van der Waals surface area contributed by atoms with E-state index in [9.17, 15) is 22.0 Å². The number of Topliss-reactive ketones (excluding diaryl/α,β-unsaturated/α-hetero) is 1. The molecule has 0 spiro atoms. The number of halogens is 2. The molecule has 1 unspecified atom stereocenters. The fraction of sp³-hybridized carbons (Fsp3) is 0.118. The molecule has 1 heterocycles. The summed E-state index contributed by atoms with van der Waals surface area (Å²) in [5.41, 5.74) is 5.55. The van der Waals surface area contributed by atoms with Crippen LogP contribution in [0.25, 0.3) is 0 Å². The number of hydrogen-bond acceptors (Lipinski definition) is 6. The van der Waals surface area contributed by atoms with Crippen molar-refractivity contribution < 1.29 is 30.9 Å². The summed E-state index contributed by atoms with van der Waals surface area (Å²) >= 11 is 0. The second-order valence-electron chi connectivity index (χ2n) is 5.47. The molecule has 0 fully saturated rings. The van der Waals surface area contributed by atoms with Crippen LogP contribution in [-0.2, 0) is 29.6 Å². The summed E-state index contributed by atoms with van der Waals surface area (Å²) in [7, 11) is -4.21. The van der Waals surface area contributed by atoms with E-state index in [-0.39, 0.29) is 0 Å². The average molecular weight is 381 g/mol. The molecule has 2 N–H and O–H groups in total. The highest BCUT2D eigenvalue weighted by molar-refractivity contribution is 7.86. The van der Waals surface area contributed by atoms with Gasteiger partial charge in [0.2, 0.25) is 17.4 Å². The van der Waals surface area contributed by atoms with Crippen molar-refractivity contribution in [3.8, 4) is 0 Å². The molecule has 1 atom stereocenters. The number of hydrogen-bond donors (Lipinski definition) is 1. The Hall–Kier alpha value is -2.94. The van der Waals surface area contributed by atoms with Gasteiger partial charge in [-0.1, -0.05) is 42.5 Å². The Kier molecular flexibility index (Phi) is 4.64. The summed E-state index contributed by atoms with van der Waals surface area (Å²) in [6.45, 7) is 0. The van der Waals surface area contributed by atoms with Gasteiger partial charge in [-0.05, 0) is 11.6 Å². The maximum atomic E-state index is 13.9. The molecule has 3 rings (SSSR count). The lowest BCUT2D eigenvalue weighted by Gasteiger charge is -2.11. The second-order valence-corrected chi connectivity index (χ2v) is 7.04. The van der Waals surface area contributed by atoms with Crippen LogP contribution in [0.2, 0.25) is 0 Å². The topological polar surface area (TPSA) is 95.7 Å². The van der Waals surface area contributed by atoms with Crippen LogP contribution in [0, 0.1) is 11.6 Å². The Morgan fingerprint density at radius 3 is 2.46 bits per heavy atom. The first kappa shape index (κ1) is 17.9. The molecule has 0 amide bonds. The molecule has 0 saturated heterocycles. The molecule has 26 heavy (non-hydrogen) atoms. The third kappa shape index (κ3) is 3.52. The van der Waals surface area contributed by atoms with Gasteiger partial charge in [0.05, 0.1) is 0 Å². The van der Waals surface area contributed by atoms with Gasteiger partial charge in [-0.25, -0.2) is 8.78 Å². The smallest absolute Gasteiger partial charge is 0.313 e. The van der Waals surface area contributed by atoms with Crippen molar-refractivity contribution in [1.82, 2.24) is 0 Å². The zero-order valence-electron chi connectivity index (χ0n) is 13.2. The van der Waals surface area contributed by atoms with Gasteiger partial charge in [0, 0.05) is 5.56 Å². The predicted octanol–water partition coefficient (Wildman–Crippen LogP) is 2.28. The summed E-state index contributed by atoms with van der Waals surface area (Å²) < 4.78 is 61.4. The Labute approximate surface area is 148 Å². The number of carbonyl (C=O) groups excluding carboxylic acids is 1. The number of ether oxygens (including phenoxy) is 1. The average Bonchev–Trinajstić information content (AvgIpc) is 2.85. The zero-order chi connectivity index (χ0) is 18.9. The normalized spacial score (nSPS) is 17.3. The lowest BCUT2D eigenvalue weighted by Crippen LogP contribution is -2.17. The van der Waals surface area contributed by atoms with Crippen molar-refractivity contribution in [1.29, 1.82) is 0 Å². The van der Waals surface area contributed by atoms with E-state index in [0.29, 0.717) is 5.56 Å². The van der Waals surface area contributed by atoms with Gasteiger partial charge in [-0.15, -0.1) is 0 Å². The van der Waals surface area contributed by atoms with Crippen LogP contribution in [-0.4, -0.2) is 14.2 Å². The van der Waals surface area contributed by atoms with Crippen molar-refractivity contribution in [2.75, 3.05) is 0 Å². The number of rotatable bonds is 5. The molecule has 1 aliphatic rings. The van der Waals surface area contributed by atoms with Crippen molar-refractivity contribution in [3.05, 3.63) is 82.9 Å². The highest BCUT2D eigenvalue weighted by Crippen LogP contribution is 2.34. The van der Waals surface area contributed by atoms with E-state index in [1.165, 1.54) is 6.07 Å². The first-order chi connectivity index (χ1) is 12.3. The maximum absolute atomic E-state index is 13.9. The number of ketones is 1. The minimum Gasteiger partial charge on any atom is -0.460 e. The van der Waals surface area contributed by atoms with Crippen molar-refractivity contribution in [2.24, 2.45) is 5.73 Å². The molecule has 2 aromatic rings. The van der Waals surface area contributed by atoms with Gasteiger partial charge in [-0.3, -0.25) is 4.79 Å². The first-order valence-corrected chi connectivity index (χ1v) is 8.97. The van der Waals surface area contributed by atoms with Crippen molar-refractivity contribution >= 4 is 15.9 Å². The second kappa shape index (κ2) is 6.75. The van der Waals surface area contributed by atoms with E-state index in [1.807, 2.05) is 0 Å². The van der Waals surface area contributed by atoms with Gasteiger partial charge in [0.1, 0.15) is 5.75 Å². The van der Waals surface area contributed by atoms with Crippen LogP contribution in [0.15, 0.2) is 60.2 Å². The van der Waals surface area contributed by atoms with E-state index >= 15 is 0 Å². The minimum absolute atomic E-state index is 0.406. The third-order valence-corrected chi connectivity index (χ3v) is 4.70. The van der Waals surface area contributed by atoms with Crippen LogP contribution in [0.5, 0.6) is 0 Å². The molecular weight excluding hydrogens is 368 g/mol. The summed E-state index contributed by atoms with van der Waals surface area (Å²) in [4.78, 5) is 12.4. The van der Waals surface area contributed by atoms with Gasteiger partial charge < -0.3 is 14.7 Å². The standard InChI is InChI=1S/C17H13F2NO5S/c18-12-8-4-7-11(13(12)19)15-14(21)16(17(20)24-15)25-26(22,23)9-10-5-2-1-3-6-10/h1-8,15H,9,20H2. The summed E-state index contributed by atoms with van der Waals surface area (Å²) in [6, 6.07) is 11.3. The van der Waals surface area contributed by atoms with Crippen molar-refractivity contribution in [3.63, 3.8) is 0 Å². The van der Waals surface area contributed by atoms with E-state index in [1.54, 1.807) is 30.3 Å². The number of nitrogens with two attached hydrogens (primary N) is 1. The van der Waals surface area contributed by atoms with Crippen LogP contribution in [0.1, 0.15) is 17.2 Å². The Balaban J connectivity index is 1.82. The highest BCUT2D eigenvalue weighted by Gasteiger charge is 2.41. The van der Waals surface area contributed by atoms with Gasteiger partial charge in [0.15, 0.2) is 17.7 Å². The zero-order valence-corrected chi connectivity index (χ0v) is 14.0. The fourth-order valence-corrected chi connectivity index (χ4v) is 3.50. The Morgan fingerprint density at radius 2 is 1.77 bits per heavy atom. The highest BCUT2D eigenvalue weighted by atomic mass is 32.2. The van der Waals surface area contributed by atoms with E-state index in [4.69, 9.17) is 14.7 Å². The van der Waals surface area contributed by atoms with E-state index in [0.717, 1.165) is 12.1 Å². The predicted molar refractivity (Wildman–Crippen MR) is 86.6 cm³/mol. The number of benzene rings is 2. The molecule has 6 nitrogen and oxygen atoms in total. The SMILES string of the molecule is NC1=C(OS(=O)(=O)Cc2ccccc2)C(=O)C(c2cccc(F)c2F)O1. The van der Waals surface area contributed by atoms with Gasteiger partial charge in [-0.2, -0.15) is 8.42 Å². The monoisotopic (exact) mass is 381 g/mol. The Bertz CT molecular complexity index is 989. The number of carbonyl (C=O) groups is 1. The summed E-state index contributed by atoms with van der Waals surface area (Å²) in [5.74, 6) is -5.34. The molecule has 9 heteroatoms. The lowest BCUT2D eigenvalue weighted by atomic mass is 10.1. The van der Waals surface area contributed by atoms with E-state index in [2.05, 4.69) is 0 Å². The molecule has 0 radical (unpaired) electrons. The van der Waals surface area contributed by atoms with Crippen LogP contribution < -0.4 is 5.73 Å². The Morgan fingerprint density at radius 1 is 1.08 bits per heavy atom. The molecule has 1 aliphatic heterocycles. The summed E-state index contributed by atoms with van der Waals surface area (Å²) in [5, 5.41) is 0. The van der Waals surface area contributed by atoms with E-state index < -0.39 is 56.6 Å². The third-order valence-electron chi connectivity index (χ3n) is 3.59. The van der Waals surface area contributed by atoms with Crippen LogP contribution in [0.4, 0.5) is 8.78 Å². The maximum Gasteiger partial charge on any atom is 0.313 e. The molecule has 0 aromatic heterocycles. The molecule has 2 aromatic carbocycles. The first-order valence-electron chi connectivity index (χ1n) is 7.39. The molecule has 0 bridgehead atoms. The molecule has 136 valence electrons. The lowest BCUT2D eigenvalue weighted by molar-refractivity contribution is -0.123. The largest absolute Gasteiger partial charge is 0.460 e. The quantitative estimate of drug-likeness (QED) is 0.799. The van der Waals surface area contributed by atoms with Crippen LogP contribution >= 0.6 is 0 Å². The fourth-order valence-electron chi connectivity index (χ4n) is 2.42. The molecule has 0 aliphatic carbocycles. The van der Waals surface area contributed by atoms with Crippen molar-refractivity contribution in [2.45, 2.75) is 11.9 Å². The van der Waals surface area contributed by atoms with Gasteiger partial charge >= 0.3 is 10.1 Å². The molecule has 0 saturated carbocycles.